The van der Waals surface area contributed by atoms with Crippen LogP contribution in [0, 0.1) is 29.6 Å². The van der Waals surface area contributed by atoms with Gasteiger partial charge >= 0.3 is 0 Å². The maximum atomic E-state index is 10.5. The predicted octanol–water partition coefficient (Wildman–Crippen LogP) is 4.00. The zero-order valence-corrected chi connectivity index (χ0v) is 11.3. The van der Waals surface area contributed by atoms with Crippen molar-refractivity contribution < 1.29 is 5.11 Å². The summed E-state index contributed by atoms with van der Waals surface area (Å²) in [5.74, 6) is 4.44. The van der Waals surface area contributed by atoms with E-state index < -0.39 is 0 Å². The van der Waals surface area contributed by atoms with Crippen LogP contribution in [0.5, 0.6) is 0 Å². The molecular formula is C16H28O. The highest BCUT2D eigenvalue weighted by atomic mass is 16.3. The van der Waals surface area contributed by atoms with Crippen molar-refractivity contribution in [3.63, 3.8) is 0 Å². The van der Waals surface area contributed by atoms with Gasteiger partial charge in [0.15, 0.2) is 0 Å². The molecule has 98 valence electrons. The molecule has 0 saturated heterocycles. The fourth-order valence-corrected chi connectivity index (χ4v) is 5.00. The van der Waals surface area contributed by atoms with E-state index in [1.807, 2.05) is 0 Å². The first-order chi connectivity index (χ1) is 8.26. The van der Waals surface area contributed by atoms with E-state index in [0.717, 1.165) is 30.1 Å². The second kappa shape index (κ2) is 4.91. The van der Waals surface area contributed by atoms with Crippen molar-refractivity contribution in [2.75, 3.05) is 0 Å². The first-order valence-electron chi connectivity index (χ1n) is 7.94. The molecule has 3 aliphatic rings. The molecule has 0 spiro atoms. The third-order valence-electron chi connectivity index (χ3n) is 6.13. The molecule has 6 unspecified atom stereocenters. The van der Waals surface area contributed by atoms with E-state index in [1.165, 1.54) is 51.4 Å². The summed E-state index contributed by atoms with van der Waals surface area (Å²) in [5.41, 5.74) is 0. The highest BCUT2D eigenvalue weighted by molar-refractivity contribution is 4.92. The smallest absolute Gasteiger partial charge is 0.0571 e. The maximum Gasteiger partial charge on any atom is 0.0571 e. The lowest BCUT2D eigenvalue weighted by atomic mass is 9.82. The van der Waals surface area contributed by atoms with Gasteiger partial charge in [-0.1, -0.05) is 26.2 Å². The predicted molar refractivity (Wildman–Crippen MR) is 70.7 cm³/mol. The van der Waals surface area contributed by atoms with Gasteiger partial charge in [0, 0.05) is 0 Å². The minimum Gasteiger partial charge on any atom is -0.393 e. The standard InChI is InChI=1S/C16H28O/c1-2-11-3-6-14(7-11)16(17)10-15-9-12-4-5-13(15)8-12/h11-17H,2-10H2,1H3. The van der Waals surface area contributed by atoms with Crippen LogP contribution < -0.4 is 0 Å². The molecule has 1 heteroatoms. The molecule has 0 amide bonds. The summed E-state index contributed by atoms with van der Waals surface area (Å²) < 4.78 is 0. The van der Waals surface area contributed by atoms with Crippen molar-refractivity contribution in [2.45, 2.75) is 70.8 Å². The quantitative estimate of drug-likeness (QED) is 0.782. The Bertz CT molecular complexity index is 262. The highest BCUT2D eigenvalue weighted by Gasteiger charge is 2.41. The number of rotatable bonds is 4. The van der Waals surface area contributed by atoms with Crippen LogP contribution in [0.4, 0.5) is 0 Å². The van der Waals surface area contributed by atoms with Gasteiger partial charge in [-0.05, 0) is 68.1 Å². The first-order valence-corrected chi connectivity index (χ1v) is 7.94. The Labute approximate surface area is 106 Å². The van der Waals surface area contributed by atoms with E-state index in [2.05, 4.69) is 6.92 Å². The second-order valence-electron chi connectivity index (χ2n) is 7.09. The molecule has 0 aromatic heterocycles. The highest BCUT2D eigenvalue weighted by Crippen LogP contribution is 2.50. The molecule has 0 heterocycles. The van der Waals surface area contributed by atoms with Crippen LogP contribution in [0.15, 0.2) is 0 Å². The average Bonchev–Trinajstić information content (AvgIpc) is 3.04. The number of aliphatic hydroxyl groups excluding tert-OH is 1. The van der Waals surface area contributed by atoms with Gasteiger partial charge in [-0.3, -0.25) is 0 Å². The van der Waals surface area contributed by atoms with Gasteiger partial charge in [-0.15, -0.1) is 0 Å². The van der Waals surface area contributed by atoms with Crippen LogP contribution in [0.25, 0.3) is 0 Å². The Morgan fingerprint density at radius 3 is 2.53 bits per heavy atom. The van der Waals surface area contributed by atoms with E-state index in [-0.39, 0.29) is 6.10 Å². The molecule has 6 atom stereocenters. The third-order valence-corrected chi connectivity index (χ3v) is 6.13. The second-order valence-corrected chi connectivity index (χ2v) is 7.09. The van der Waals surface area contributed by atoms with Crippen molar-refractivity contribution in [1.82, 2.24) is 0 Å². The summed E-state index contributed by atoms with van der Waals surface area (Å²) in [4.78, 5) is 0. The molecular weight excluding hydrogens is 208 g/mol. The van der Waals surface area contributed by atoms with Crippen LogP contribution in [-0.2, 0) is 0 Å². The van der Waals surface area contributed by atoms with Gasteiger partial charge in [-0.2, -0.15) is 0 Å². The van der Waals surface area contributed by atoms with Gasteiger partial charge in [-0.25, -0.2) is 0 Å². The molecule has 3 rings (SSSR count). The maximum absolute atomic E-state index is 10.5. The monoisotopic (exact) mass is 236 g/mol. The molecule has 0 aromatic carbocycles. The molecule has 1 nitrogen and oxygen atoms in total. The van der Waals surface area contributed by atoms with E-state index in [9.17, 15) is 5.11 Å². The summed E-state index contributed by atoms with van der Waals surface area (Å²) in [6.07, 6.45) is 12.3. The van der Waals surface area contributed by atoms with E-state index in [4.69, 9.17) is 0 Å². The minimum absolute atomic E-state index is 0.0240. The molecule has 3 fully saturated rings. The van der Waals surface area contributed by atoms with Gasteiger partial charge in [0.05, 0.1) is 6.10 Å². The fraction of sp³-hybridized carbons (Fsp3) is 1.00. The first kappa shape index (κ1) is 12.0. The number of hydrogen-bond acceptors (Lipinski definition) is 1. The van der Waals surface area contributed by atoms with Crippen molar-refractivity contribution in [3.8, 4) is 0 Å². The van der Waals surface area contributed by atoms with Crippen LogP contribution in [0.2, 0.25) is 0 Å². The molecule has 17 heavy (non-hydrogen) atoms. The molecule has 0 radical (unpaired) electrons. The average molecular weight is 236 g/mol. The van der Waals surface area contributed by atoms with Crippen LogP contribution in [0.3, 0.4) is 0 Å². The Hall–Kier alpha value is -0.0400. The summed E-state index contributed by atoms with van der Waals surface area (Å²) in [6.45, 7) is 2.30. The molecule has 1 N–H and O–H groups in total. The van der Waals surface area contributed by atoms with Crippen molar-refractivity contribution in [2.24, 2.45) is 29.6 Å². The Morgan fingerprint density at radius 1 is 1.06 bits per heavy atom. The lowest BCUT2D eigenvalue weighted by molar-refractivity contribution is 0.0710. The van der Waals surface area contributed by atoms with Gasteiger partial charge in [0.2, 0.25) is 0 Å². The number of aliphatic hydroxyl groups is 1. The van der Waals surface area contributed by atoms with Crippen molar-refractivity contribution >= 4 is 0 Å². The molecule has 3 saturated carbocycles. The summed E-state index contributed by atoms with van der Waals surface area (Å²) in [6, 6.07) is 0. The number of hydrogen-bond donors (Lipinski definition) is 1. The lowest BCUT2D eigenvalue weighted by Gasteiger charge is -2.27. The van der Waals surface area contributed by atoms with Crippen molar-refractivity contribution in [1.29, 1.82) is 0 Å². The lowest BCUT2D eigenvalue weighted by Crippen LogP contribution is -2.24. The van der Waals surface area contributed by atoms with Gasteiger partial charge < -0.3 is 5.11 Å². The van der Waals surface area contributed by atoms with E-state index in [1.54, 1.807) is 0 Å². The van der Waals surface area contributed by atoms with Crippen LogP contribution >= 0.6 is 0 Å². The summed E-state index contributed by atoms with van der Waals surface area (Å²) in [5, 5.41) is 10.5. The molecule has 3 aliphatic carbocycles. The fourth-order valence-electron chi connectivity index (χ4n) is 5.00. The van der Waals surface area contributed by atoms with Crippen LogP contribution in [0.1, 0.15) is 64.7 Å². The Morgan fingerprint density at radius 2 is 1.94 bits per heavy atom. The topological polar surface area (TPSA) is 20.2 Å². The normalized spacial score (nSPS) is 46.6. The summed E-state index contributed by atoms with van der Waals surface area (Å²) >= 11 is 0. The van der Waals surface area contributed by atoms with E-state index >= 15 is 0 Å². The Balaban J connectivity index is 1.49. The minimum atomic E-state index is 0.0240. The molecule has 0 aliphatic heterocycles. The summed E-state index contributed by atoms with van der Waals surface area (Å²) in [7, 11) is 0. The SMILES string of the molecule is CCC1CCC(C(O)CC2CC3CCC2C3)C1. The van der Waals surface area contributed by atoms with Gasteiger partial charge in [0.1, 0.15) is 0 Å². The molecule has 2 bridgehead atoms. The van der Waals surface area contributed by atoms with Crippen molar-refractivity contribution in [3.05, 3.63) is 0 Å². The zero-order chi connectivity index (χ0) is 11.8. The third kappa shape index (κ3) is 2.41. The largest absolute Gasteiger partial charge is 0.393 e. The van der Waals surface area contributed by atoms with E-state index in [0.29, 0.717) is 5.92 Å². The van der Waals surface area contributed by atoms with Crippen LogP contribution in [-0.4, -0.2) is 11.2 Å². The zero-order valence-electron chi connectivity index (χ0n) is 11.3. The molecule has 0 aromatic rings. The number of fused-ring (bicyclic) bond motifs is 2. The van der Waals surface area contributed by atoms with Gasteiger partial charge in [0.25, 0.3) is 0 Å². The Kier molecular flexibility index (Phi) is 3.47.